The van der Waals surface area contributed by atoms with E-state index in [0.717, 1.165) is 17.7 Å². The largest absolute Gasteiger partial charge is 0.384 e. The molecule has 14 heavy (non-hydrogen) atoms. The lowest BCUT2D eigenvalue weighted by Gasteiger charge is -2.31. The quantitative estimate of drug-likeness (QED) is 0.788. The molecule has 2 atom stereocenters. The van der Waals surface area contributed by atoms with Crippen LogP contribution in [0.4, 0.5) is 0 Å². The van der Waals surface area contributed by atoms with Crippen molar-refractivity contribution in [2.75, 3.05) is 6.54 Å². The predicted molar refractivity (Wildman–Crippen MR) is 61.3 cm³/mol. The fourth-order valence-electron chi connectivity index (χ4n) is 1.74. The SMILES string of the molecule is CCCC(CN)C(C)(O)c1cccs1. The molecule has 0 bridgehead atoms. The summed E-state index contributed by atoms with van der Waals surface area (Å²) >= 11 is 1.59. The third-order valence-electron chi connectivity index (χ3n) is 2.74. The predicted octanol–water partition coefficient (Wildman–Crippen LogP) is 2.33. The van der Waals surface area contributed by atoms with Gasteiger partial charge in [-0.25, -0.2) is 0 Å². The second kappa shape index (κ2) is 4.91. The van der Waals surface area contributed by atoms with Crippen LogP contribution in [0, 0.1) is 5.92 Å². The van der Waals surface area contributed by atoms with Crippen LogP contribution < -0.4 is 5.73 Å². The van der Waals surface area contributed by atoms with Crippen LogP contribution >= 0.6 is 11.3 Å². The van der Waals surface area contributed by atoms with Crippen LogP contribution in [-0.4, -0.2) is 11.7 Å². The van der Waals surface area contributed by atoms with Gasteiger partial charge >= 0.3 is 0 Å². The first-order valence-electron chi connectivity index (χ1n) is 5.09. The van der Waals surface area contributed by atoms with Gasteiger partial charge in [0.2, 0.25) is 0 Å². The molecule has 3 N–H and O–H groups in total. The summed E-state index contributed by atoms with van der Waals surface area (Å²) in [6, 6.07) is 3.94. The van der Waals surface area contributed by atoms with E-state index in [1.54, 1.807) is 11.3 Å². The van der Waals surface area contributed by atoms with Crippen molar-refractivity contribution >= 4 is 11.3 Å². The highest BCUT2D eigenvalue weighted by Gasteiger charge is 2.32. The molecule has 0 aliphatic heterocycles. The molecule has 0 amide bonds. The molecule has 0 aromatic carbocycles. The number of hydrogen-bond donors (Lipinski definition) is 2. The molecule has 1 aromatic rings. The summed E-state index contributed by atoms with van der Waals surface area (Å²) in [6.45, 7) is 4.53. The Morgan fingerprint density at radius 1 is 1.64 bits per heavy atom. The van der Waals surface area contributed by atoms with Crippen LogP contribution in [0.2, 0.25) is 0 Å². The van der Waals surface area contributed by atoms with Crippen LogP contribution in [-0.2, 0) is 5.60 Å². The third-order valence-corrected chi connectivity index (χ3v) is 3.83. The van der Waals surface area contributed by atoms with E-state index < -0.39 is 5.60 Å². The van der Waals surface area contributed by atoms with E-state index in [-0.39, 0.29) is 5.92 Å². The maximum Gasteiger partial charge on any atom is 0.0999 e. The maximum absolute atomic E-state index is 10.4. The Morgan fingerprint density at radius 3 is 2.79 bits per heavy atom. The van der Waals surface area contributed by atoms with Crippen molar-refractivity contribution in [3.8, 4) is 0 Å². The lowest BCUT2D eigenvalue weighted by Crippen LogP contribution is -2.36. The zero-order valence-electron chi connectivity index (χ0n) is 8.86. The minimum Gasteiger partial charge on any atom is -0.384 e. The van der Waals surface area contributed by atoms with Gasteiger partial charge in [-0.05, 0) is 31.3 Å². The fraction of sp³-hybridized carbons (Fsp3) is 0.636. The van der Waals surface area contributed by atoms with Crippen LogP contribution in [0.15, 0.2) is 17.5 Å². The van der Waals surface area contributed by atoms with Gasteiger partial charge in [-0.3, -0.25) is 0 Å². The molecule has 0 fully saturated rings. The molecule has 0 aliphatic rings. The molecule has 0 saturated carbocycles. The average molecular weight is 213 g/mol. The number of hydrogen-bond acceptors (Lipinski definition) is 3. The highest BCUT2D eigenvalue weighted by molar-refractivity contribution is 7.10. The molecule has 3 heteroatoms. The fourth-order valence-corrected chi connectivity index (χ4v) is 2.61. The van der Waals surface area contributed by atoms with Crippen LogP contribution in [0.5, 0.6) is 0 Å². The molecule has 0 radical (unpaired) electrons. The molecule has 2 nitrogen and oxygen atoms in total. The topological polar surface area (TPSA) is 46.2 Å². The second-order valence-corrected chi connectivity index (χ2v) is 4.79. The van der Waals surface area contributed by atoms with E-state index >= 15 is 0 Å². The van der Waals surface area contributed by atoms with Gasteiger partial charge in [0.1, 0.15) is 0 Å². The van der Waals surface area contributed by atoms with Gasteiger partial charge in [-0.1, -0.05) is 19.4 Å². The maximum atomic E-state index is 10.4. The Hall–Kier alpha value is -0.380. The van der Waals surface area contributed by atoms with Crippen molar-refractivity contribution < 1.29 is 5.11 Å². The molecule has 1 heterocycles. The lowest BCUT2D eigenvalue weighted by atomic mass is 9.84. The van der Waals surface area contributed by atoms with Crippen molar-refractivity contribution in [2.45, 2.75) is 32.3 Å². The molecular weight excluding hydrogens is 194 g/mol. The minimum absolute atomic E-state index is 0.158. The average Bonchev–Trinajstić information content (AvgIpc) is 2.66. The Bertz CT molecular complexity index is 256. The van der Waals surface area contributed by atoms with Crippen molar-refractivity contribution in [1.29, 1.82) is 0 Å². The molecule has 1 rings (SSSR count). The number of rotatable bonds is 5. The van der Waals surface area contributed by atoms with Gasteiger partial charge in [0.25, 0.3) is 0 Å². The van der Waals surface area contributed by atoms with Gasteiger partial charge in [0.15, 0.2) is 0 Å². The summed E-state index contributed by atoms with van der Waals surface area (Å²) in [4.78, 5) is 1.02. The van der Waals surface area contributed by atoms with E-state index in [2.05, 4.69) is 6.92 Å². The van der Waals surface area contributed by atoms with Crippen molar-refractivity contribution in [1.82, 2.24) is 0 Å². The number of aliphatic hydroxyl groups is 1. The van der Waals surface area contributed by atoms with Gasteiger partial charge < -0.3 is 10.8 Å². The molecule has 0 spiro atoms. The summed E-state index contributed by atoms with van der Waals surface area (Å²) < 4.78 is 0. The van der Waals surface area contributed by atoms with E-state index in [1.807, 2.05) is 24.4 Å². The van der Waals surface area contributed by atoms with E-state index in [4.69, 9.17) is 5.73 Å². The van der Waals surface area contributed by atoms with Gasteiger partial charge in [0.05, 0.1) is 5.60 Å². The molecular formula is C11H19NOS. The lowest BCUT2D eigenvalue weighted by molar-refractivity contribution is -0.00285. The molecule has 0 saturated heterocycles. The Kier molecular flexibility index (Phi) is 4.11. The van der Waals surface area contributed by atoms with Gasteiger partial charge in [-0.15, -0.1) is 11.3 Å². The summed E-state index contributed by atoms with van der Waals surface area (Å²) in [5, 5.41) is 12.4. The highest BCUT2D eigenvalue weighted by Crippen LogP contribution is 2.34. The third kappa shape index (κ3) is 2.35. The van der Waals surface area contributed by atoms with E-state index in [9.17, 15) is 5.11 Å². The second-order valence-electron chi connectivity index (χ2n) is 3.85. The minimum atomic E-state index is -0.765. The normalized spacial score (nSPS) is 17.7. The van der Waals surface area contributed by atoms with Crippen molar-refractivity contribution in [2.24, 2.45) is 11.7 Å². The standard InChI is InChI=1S/C11H19NOS/c1-3-5-9(8-12)11(2,13)10-6-4-7-14-10/h4,6-7,9,13H,3,5,8,12H2,1-2H3. The molecule has 80 valence electrons. The summed E-state index contributed by atoms with van der Waals surface area (Å²) in [6.07, 6.45) is 2.03. The van der Waals surface area contributed by atoms with Gasteiger partial charge in [-0.2, -0.15) is 0 Å². The Balaban J connectivity index is 2.81. The summed E-state index contributed by atoms with van der Waals surface area (Å²) in [5.74, 6) is 0.158. The Morgan fingerprint density at radius 2 is 2.36 bits per heavy atom. The first-order valence-corrected chi connectivity index (χ1v) is 5.97. The Labute approximate surface area is 89.8 Å². The monoisotopic (exact) mass is 213 g/mol. The van der Waals surface area contributed by atoms with E-state index in [0.29, 0.717) is 6.54 Å². The van der Waals surface area contributed by atoms with Crippen LogP contribution in [0.3, 0.4) is 0 Å². The number of thiophene rings is 1. The molecule has 0 aliphatic carbocycles. The smallest absolute Gasteiger partial charge is 0.0999 e. The van der Waals surface area contributed by atoms with Crippen LogP contribution in [0.25, 0.3) is 0 Å². The van der Waals surface area contributed by atoms with E-state index in [1.165, 1.54) is 0 Å². The number of nitrogens with two attached hydrogens (primary N) is 1. The first-order chi connectivity index (χ1) is 6.62. The summed E-state index contributed by atoms with van der Waals surface area (Å²) in [5.41, 5.74) is 4.93. The van der Waals surface area contributed by atoms with Crippen LogP contribution in [0.1, 0.15) is 31.6 Å². The molecule has 2 unspecified atom stereocenters. The zero-order valence-corrected chi connectivity index (χ0v) is 9.68. The summed E-state index contributed by atoms with van der Waals surface area (Å²) in [7, 11) is 0. The zero-order chi connectivity index (χ0) is 10.6. The van der Waals surface area contributed by atoms with Crippen molar-refractivity contribution in [3.05, 3.63) is 22.4 Å². The van der Waals surface area contributed by atoms with Gasteiger partial charge in [0, 0.05) is 10.8 Å². The highest BCUT2D eigenvalue weighted by atomic mass is 32.1. The molecule has 1 aromatic heterocycles. The first kappa shape index (κ1) is 11.7. The van der Waals surface area contributed by atoms with Crippen molar-refractivity contribution in [3.63, 3.8) is 0 Å².